The molecule has 2 rings (SSSR count). The van der Waals surface area contributed by atoms with E-state index in [9.17, 15) is 9.59 Å². The summed E-state index contributed by atoms with van der Waals surface area (Å²) >= 11 is 5.78. The molecular weight excluding hydrogens is 326 g/mol. The maximum absolute atomic E-state index is 11.7. The molecule has 0 radical (unpaired) electrons. The molecule has 2 N–H and O–H groups in total. The number of aromatic nitrogens is 4. The Morgan fingerprint density at radius 2 is 2.04 bits per heavy atom. The smallest absolute Gasteiger partial charge is 0.305 e. The van der Waals surface area contributed by atoms with Gasteiger partial charge in [-0.2, -0.15) is 0 Å². The summed E-state index contributed by atoms with van der Waals surface area (Å²) in [7, 11) is 0. The largest absolute Gasteiger partial charge is 0.486 e. The summed E-state index contributed by atoms with van der Waals surface area (Å²) in [5.74, 6) is -0.403. The number of carbonyl (C=O) groups excluding carboxylic acids is 1. The summed E-state index contributed by atoms with van der Waals surface area (Å²) in [4.78, 5) is 22.1. The van der Waals surface area contributed by atoms with Crippen LogP contribution in [0.5, 0.6) is 5.75 Å². The summed E-state index contributed by atoms with van der Waals surface area (Å²) < 4.78 is 6.79. The number of hydrogen-bond acceptors (Lipinski definition) is 6. The average molecular weight is 340 g/mol. The first kappa shape index (κ1) is 16.7. The Hall–Kier alpha value is -2.68. The summed E-state index contributed by atoms with van der Waals surface area (Å²) in [6, 6.07) is 6.79. The molecule has 9 nitrogen and oxygen atoms in total. The van der Waals surface area contributed by atoms with Gasteiger partial charge in [-0.3, -0.25) is 9.59 Å². The van der Waals surface area contributed by atoms with Crippen LogP contribution in [0.2, 0.25) is 5.02 Å². The molecule has 1 amide bonds. The average Bonchev–Trinajstić information content (AvgIpc) is 2.93. The van der Waals surface area contributed by atoms with Crippen LogP contribution in [0.4, 0.5) is 0 Å². The topological polar surface area (TPSA) is 119 Å². The molecule has 1 aromatic carbocycles. The number of carboxylic acids is 1. The lowest BCUT2D eigenvalue weighted by atomic mass is 10.3. The maximum atomic E-state index is 11.7. The highest BCUT2D eigenvalue weighted by molar-refractivity contribution is 6.30. The Bertz CT molecular complexity index is 673. The fraction of sp³-hybridized carbons (Fsp3) is 0.308. The lowest BCUT2D eigenvalue weighted by Gasteiger charge is -2.07. The van der Waals surface area contributed by atoms with E-state index in [1.54, 1.807) is 24.3 Å². The summed E-state index contributed by atoms with van der Waals surface area (Å²) in [6.45, 7) is 0.00979. The highest BCUT2D eigenvalue weighted by atomic mass is 35.5. The van der Waals surface area contributed by atoms with Gasteiger partial charge >= 0.3 is 5.97 Å². The van der Waals surface area contributed by atoms with Gasteiger partial charge in [0.2, 0.25) is 5.91 Å². The molecule has 0 bridgehead atoms. The zero-order valence-electron chi connectivity index (χ0n) is 12.0. The molecule has 0 saturated carbocycles. The first-order valence-corrected chi connectivity index (χ1v) is 7.04. The number of tetrazole rings is 1. The van der Waals surface area contributed by atoms with Crippen LogP contribution in [-0.4, -0.2) is 43.7 Å². The summed E-state index contributed by atoms with van der Waals surface area (Å²) in [6.07, 6.45) is -0.145. The van der Waals surface area contributed by atoms with Gasteiger partial charge in [0.25, 0.3) is 0 Å². The molecule has 1 heterocycles. The lowest BCUT2D eigenvalue weighted by Crippen LogP contribution is -2.30. The van der Waals surface area contributed by atoms with Crippen LogP contribution < -0.4 is 10.1 Å². The van der Waals surface area contributed by atoms with Gasteiger partial charge in [0, 0.05) is 11.6 Å². The molecule has 23 heavy (non-hydrogen) atoms. The van der Waals surface area contributed by atoms with Crippen LogP contribution in [0.15, 0.2) is 24.3 Å². The molecule has 0 atom stereocenters. The fourth-order valence-corrected chi connectivity index (χ4v) is 1.75. The molecule has 0 aliphatic rings. The highest BCUT2D eigenvalue weighted by Crippen LogP contribution is 2.16. The molecule has 0 aliphatic carbocycles. The highest BCUT2D eigenvalue weighted by Gasteiger charge is 2.11. The fourth-order valence-electron chi connectivity index (χ4n) is 1.63. The van der Waals surface area contributed by atoms with Crippen molar-refractivity contribution in [3.05, 3.63) is 35.1 Å². The van der Waals surface area contributed by atoms with Crippen LogP contribution in [0.25, 0.3) is 0 Å². The number of aliphatic carboxylic acids is 1. The van der Waals surface area contributed by atoms with Crippen LogP contribution in [-0.2, 0) is 22.7 Å². The minimum atomic E-state index is -0.982. The maximum Gasteiger partial charge on any atom is 0.305 e. The Balaban J connectivity index is 1.85. The van der Waals surface area contributed by atoms with Crippen LogP contribution >= 0.6 is 11.6 Å². The molecule has 10 heteroatoms. The molecule has 2 aromatic rings. The molecule has 0 aliphatic heterocycles. The second kappa shape index (κ2) is 8.08. The van der Waals surface area contributed by atoms with E-state index in [0.29, 0.717) is 16.6 Å². The first-order valence-electron chi connectivity index (χ1n) is 6.66. The minimum absolute atomic E-state index is 0.0485. The normalized spacial score (nSPS) is 10.3. The Morgan fingerprint density at radius 1 is 1.30 bits per heavy atom. The SMILES string of the molecule is O=C(O)CCNC(=O)Cn1nnnc1COc1ccc(Cl)cc1. The van der Waals surface area contributed by atoms with E-state index in [1.165, 1.54) is 4.68 Å². The number of ether oxygens (including phenoxy) is 1. The van der Waals surface area contributed by atoms with Crippen molar-refractivity contribution < 1.29 is 19.4 Å². The van der Waals surface area contributed by atoms with Crippen LogP contribution in [0, 0.1) is 0 Å². The predicted molar refractivity (Wildman–Crippen MR) is 78.9 cm³/mol. The number of hydrogen-bond donors (Lipinski definition) is 2. The third-order valence-corrected chi connectivity index (χ3v) is 2.99. The second-order valence-electron chi connectivity index (χ2n) is 4.49. The zero-order valence-corrected chi connectivity index (χ0v) is 12.7. The quantitative estimate of drug-likeness (QED) is 0.718. The van der Waals surface area contributed by atoms with Crippen molar-refractivity contribution in [2.24, 2.45) is 0 Å². The number of nitrogens with one attached hydrogen (secondary N) is 1. The van der Waals surface area contributed by atoms with Gasteiger partial charge in [-0.1, -0.05) is 11.6 Å². The molecule has 0 unspecified atom stereocenters. The number of benzene rings is 1. The van der Waals surface area contributed by atoms with Gasteiger partial charge in [-0.15, -0.1) is 5.10 Å². The summed E-state index contributed by atoms with van der Waals surface area (Å²) in [5.41, 5.74) is 0. The van der Waals surface area contributed by atoms with E-state index in [4.69, 9.17) is 21.4 Å². The lowest BCUT2D eigenvalue weighted by molar-refractivity contribution is -0.136. The Morgan fingerprint density at radius 3 is 2.74 bits per heavy atom. The van der Waals surface area contributed by atoms with Crippen molar-refractivity contribution >= 4 is 23.5 Å². The molecule has 122 valence electrons. The number of halogens is 1. The molecular formula is C13H14ClN5O4. The van der Waals surface area contributed by atoms with Crippen molar-refractivity contribution in [2.75, 3.05) is 6.54 Å². The van der Waals surface area contributed by atoms with Gasteiger partial charge in [0.05, 0.1) is 6.42 Å². The van der Waals surface area contributed by atoms with E-state index in [0.717, 1.165) is 0 Å². The van der Waals surface area contributed by atoms with Crippen molar-refractivity contribution in [2.45, 2.75) is 19.6 Å². The monoisotopic (exact) mass is 339 g/mol. The number of amides is 1. The third kappa shape index (κ3) is 5.55. The molecule has 0 fully saturated rings. The van der Waals surface area contributed by atoms with Crippen molar-refractivity contribution in [1.29, 1.82) is 0 Å². The zero-order chi connectivity index (χ0) is 16.7. The van der Waals surface area contributed by atoms with Gasteiger partial charge in [0.1, 0.15) is 18.9 Å². The van der Waals surface area contributed by atoms with E-state index < -0.39 is 5.97 Å². The van der Waals surface area contributed by atoms with Gasteiger partial charge in [0.15, 0.2) is 5.82 Å². The number of nitrogens with zero attached hydrogens (tertiary/aromatic N) is 4. The Labute approximate surface area is 136 Å². The van der Waals surface area contributed by atoms with E-state index in [2.05, 4.69) is 20.8 Å². The van der Waals surface area contributed by atoms with Gasteiger partial charge in [-0.05, 0) is 34.7 Å². The molecule has 1 aromatic heterocycles. The number of carboxylic acid groups (broad SMARTS) is 1. The van der Waals surface area contributed by atoms with Crippen LogP contribution in [0.1, 0.15) is 12.2 Å². The minimum Gasteiger partial charge on any atom is -0.486 e. The second-order valence-corrected chi connectivity index (χ2v) is 4.93. The van der Waals surface area contributed by atoms with Crippen molar-refractivity contribution in [3.8, 4) is 5.75 Å². The van der Waals surface area contributed by atoms with Gasteiger partial charge < -0.3 is 15.2 Å². The molecule has 0 spiro atoms. The first-order chi connectivity index (χ1) is 11.0. The Kier molecular flexibility index (Phi) is 5.87. The van der Waals surface area contributed by atoms with E-state index >= 15 is 0 Å². The number of carbonyl (C=O) groups is 2. The van der Waals surface area contributed by atoms with E-state index in [1.807, 2.05) is 0 Å². The van der Waals surface area contributed by atoms with E-state index in [-0.39, 0.29) is 32.0 Å². The van der Waals surface area contributed by atoms with Crippen molar-refractivity contribution in [3.63, 3.8) is 0 Å². The standard InChI is InChI=1S/C13H14ClN5O4/c14-9-1-3-10(4-2-9)23-8-11-16-17-18-19(11)7-12(20)15-6-5-13(21)22/h1-4H,5-8H2,(H,15,20)(H,21,22). The number of rotatable bonds is 8. The molecule has 0 saturated heterocycles. The van der Waals surface area contributed by atoms with Crippen LogP contribution in [0.3, 0.4) is 0 Å². The van der Waals surface area contributed by atoms with Crippen molar-refractivity contribution in [1.82, 2.24) is 25.5 Å². The third-order valence-electron chi connectivity index (χ3n) is 2.74. The van der Waals surface area contributed by atoms with Gasteiger partial charge in [-0.25, -0.2) is 4.68 Å². The predicted octanol–water partition coefficient (Wildman–Crippen LogP) is 0.496. The summed E-state index contributed by atoms with van der Waals surface area (Å²) in [5, 5.41) is 22.6.